The zero-order valence-corrected chi connectivity index (χ0v) is 72.7. The molecule has 5 aromatic carbocycles. The third-order valence-corrected chi connectivity index (χ3v) is 19.1. The molecule has 123 heavy (non-hydrogen) atoms. The summed E-state index contributed by atoms with van der Waals surface area (Å²) in [5, 5.41) is 57.8. The molecule has 3 aromatic heterocycles. The van der Waals surface area contributed by atoms with E-state index in [1.165, 1.54) is 86.0 Å². The van der Waals surface area contributed by atoms with Gasteiger partial charge in [-0.15, -0.1) is 0 Å². The van der Waals surface area contributed by atoms with Crippen molar-refractivity contribution in [2.45, 2.75) is 108 Å². The van der Waals surface area contributed by atoms with Crippen molar-refractivity contribution in [3.63, 3.8) is 0 Å². The number of amides is 5. The molecular formula is C78H83Cl5F5LiN17NaO16+2. The zero-order valence-electron chi connectivity index (χ0n) is 66.9. The number of fused-ring (bicyclic) bond motifs is 3. The fourth-order valence-electron chi connectivity index (χ4n) is 11.4. The summed E-state index contributed by atoms with van der Waals surface area (Å²) in [6.45, 7) is 3.21. The van der Waals surface area contributed by atoms with Crippen molar-refractivity contribution < 1.29 is 148 Å². The summed E-state index contributed by atoms with van der Waals surface area (Å²) in [7, 11) is 3.15. The Morgan fingerprint density at radius 2 is 1.06 bits per heavy atom. The van der Waals surface area contributed by atoms with E-state index >= 15 is 0 Å². The zero-order chi connectivity index (χ0) is 88.9. The number of hydrogen-bond donors (Lipinski definition) is 12. The summed E-state index contributed by atoms with van der Waals surface area (Å²) in [4.78, 5) is 128. The number of aromatic nitrogens is 3. The first-order valence-corrected chi connectivity index (χ1v) is 38.3. The minimum Gasteiger partial charge on any atom is -0.870 e. The number of nitriles is 2. The van der Waals surface area contributed by atoms with Crippen LogP contribution in [0.1, 0.15) is 131 Å². The van der Waals surface area contributed by atoms with Gasteiger partial charge in [-0.2, -0.15) is 17.6 Å². The first-order valence-electron chi connectivity index (χ1n) is 36.4. The number of methoxy groups -OCH3 is 2. The molecule has 6 atom stereocenters. The molecule has 2 aliphatic carbocycles. The molecule has 33 nitrogen and oxygen atoms in total. The van der Waals surface area contributed by atoms with Crippen LogP contribution in [0.3, 0.4) is 0 Å². The number of aromatic carboxylic acids is 1. The average Bonchev–Trinajstić information content (AvgIpc) is 1.66. The molecule has 0 unspecified atom stereocenters. The molecule has 45 heteroatoms. The van der Waals surface area contributed by atoms with Gasteiger partial charge in [0.1, 0.15) is 80.5 Å². The van der Waals surface area contributed by atoms with Crippen LogP contribution in [-0.4, -0.2) is 157 Å². The number of hydrogen-bond acceptors (Lipinski definition) is 22. The van der Waals surface area contributed by atoms with Gasteiger partial charge >= 0.3 is 72.3 Å². The van der Waals surface area contributed by atoms with Crippen LogP contribution in [0.25, 0.3) is 38.8 Å². The van der Waals surface area contributed by atoms with E-state index in [9.17, 15) is 75.2 Å². The quantitative estimate of drug-likeness (QED) is 0.00513. The molecule has 4 fully saturated rings. The van der Waals surface area contributed by atoms with E-state index < -0.39 is 88.9 Å². The van der Waals surface area contributed by atoms with E-state index in [1.54, 1.807) is 6.92 Å². The third kappa shape index (κ3) is 35.4. The van der Waals surface area contributed by atoms with Crippen LogP contribution >= 0.6 is 58.0 Å². The fraction of sp³-hybridized carbons (Fsp3) is 0.359. The molecule has 2 saturated heterocycles. The van der Waals surface area contributed by atoms with E-state index in [4.69, 9.17) is 90.3 Å². The number of nitrogens with one attached hydrogen (secondary N) is 10. The standard InChI is InChI=1S/C23H25ClFN5O3.C14H22N4O2.C10H8ClFN3O2.C10H7ClFNO2.C9H5ClFNO2.C7H4ClFO.C4H8N3O2.CH3O.Li.Na.H2O/c24-16-5-6-17(25)15-10-19(29-20(15)16)23(33)30-18(8-12-3-4-12)22(32)28-14(11-26)9-13-2-1-7-27-21(13)31;15-8-11(7-10-2-1-5-17-13(10)19)18-14(20)12(16)6-9-3-4-9;1-17-10(16)9(14-15-13)5-6-4-7(11)2-3-8(6)12;1-15-10(14)8-4-5-7(12)3-2-6(11)9(5)13-8;10-5-1-2-6(11)4-3-7(9(13)14)12-8(4)5;8-6-1-2-7(9)5(3-6)4-10;1-2-9-4(8)3-6-7-5;1-2;;;/h5-6,10,12-14,18,29H,1-4,7-9H2,(H,27,31)(H,28,32)(H,30,33);9-12H,1-7,16H2,(H,17,19)(H,18,20);2-5,13H,1H3;2-4,13H,1H3;1-3,12H,(H,13,14);1-4H;5H,2-3H2,1H3;1H3;;;1H2/q;;+1;;;;+1;-1;2*+1;/p-1/b;;9-5-;;;;;;;;/t13-,14-,18-;10-,11-,12-;;;;;;;;;/m00........./s1. The Morgan fingerprint density at radius 1 is 0.626 bits per heavy atom. The first kappa shape index (κ1) is 109. The monoisotopic (exact) mass is 1810 g/mol. The molecule has 8 aromatic rings. The van der Waals surface area contributed by atoms with Gasteiger partial charge < -0.3 is 77.2 Å². The predicted molar refractivity (Wildman–Crippen MR) is 430 cm³/mol. The molecule has 0 spiro atoms. The molecule has 5 amide bonds. The Hall–Kier alpha value is -10.5. The topological polar surface area (TPSA) is 553 Å². The molecule has 646 valence electrons. The Kier molecular flexibility index (Phi) is 49.1. The maximum absolute atomic E-state index is 14.1. The van der Waals surface area contributed by atoms with Crippen molar-refractivity contribution >= 4 is 156 Å². The maximum Gasteiger partial charge on any atom is 1.00 e. The number of nitrogens with two attached hydrogens (primary N) is 1. The molecule has 14 N–H and O–H groups in total. The van der Waals surface area contributed by atoms with Crippen LogP contribution in [0.15, 0.2) is 107 Å². The van der Waals surface area contributed by atoms with Gasteiger partial charge in [-0.05, 0) is 167 Å². The van der Waals surface area contributed by atoms with Crippen LogP contribution in [0, 0.1) is 86.5 Å². The van der Waals surface area contributed by atoms with Crippen molar-refractivity contribution in [3.8, 4) is 12.1 Å². The van der Waals surface area contributed by atoms with Crippen LogP contribution in [0.2, 0.25) is 25.1 Å². The third-order valence-electron chi connectivity index (χ3n) is 17.7. The van der Waals surface area contributed by atoms with Gasteiger partial charge in [0.05, 0.1) is 76.2 Å². The average molecular weight is 1820 g/mol. The van der Waals surface area contributed by atoms with Crippen molar-refractivity contribution in [3.05, 3.63) is 179 Å². The molecule has 12 rings (SSSR count). The number of carboxylic acid groups (broad SMARTS) is 1. The Bertz CT molecular complexity index is 5120. The predicted octanol–water partition coefficient (Wildman–Crippen LogP) is 5.97. The molecule has 5 heterocycles. The maximum atomic E-state index is 14.1. The number of carboxylic acids is 1. The number of esters is 3. The minimum absolute atomic E-state index is 0. The number of benzene rings is 5. The van der Waals surface area contributed by atoms with Gasteiger partial charge in [0.2, 0.25) is 45.7 Å². The summed E-state index contributed by atoms with van der Waals surface area (Å²) in [6, 6.07) is 20.7. The number of ether oxygens (including phenoxy) is 3. The van der Waals surface area contributed by atoms with Crippen molar-refractivity contribution in [1.82, 2.24) is 51.4 Å². The number of piperidine rings is 2. The van der Waals surface area contributed by atoms with E-state index in [1.807, 2.05) is 0 Å². The Labute approximate surface area is 758 Å². The first-order chi connectivity index (χ1) is 57.3. The summed E-state index contributed by atoms with van der Waals surface area (Å²) >= 11 is 28.8. The fourth-order valence-corrected chi connectivity index (χ4v) is 12.4. The second-order valence-electron chi connectivity index (χ2n) is 26.3. The van der Waals surface area contributed by atoms with Crippen molar-refractivity contribution in [2.75, 3.05) is 47.6 Å². The number of H-pyrrole nitrogens is 3. The number of carbonyl (C=O) groups excluding carboxylic acids is 9. The second-order valence-corrected chi connectivity index (χ2v) is 28.4. The molecular weight excluding hydrogens is 1730 g/mol. The van der Waals surface area contributed by atoms with Crippen LogP contribution in [0.4, 0.5) is 22.0 Å². The van der Waals surface area contributed by atoms with Crippen molar-refractivity contribution in [2.24, 2.45) is 39.6 Å². The number of rotatable bonds is 23. The summed E-state index contributed by atoms with van der Waals surface area (Å²) in [6.07, 6.45) is 10.7. The van der Waals surface area contributed by atoms with Crippen molar-refractivity contribution in [1.29, 1.82) is 21.6 Å². The van der Waals surface area contributed by atoms with Gasteiger partial charge in [0, 0.05) is 56.7 Å². The van der Waals surface area contributed by atoms with E-state index in [0.29, 0.717) is 100 Å². The SMILES string of the molecule is CCOC(=O)CN=[N+]=N.COC(=O)/C(=C/c1cc(Cl)ccc1F)N=[N+]=N.COC(=O)c1cc2c(F)ccc(Cl)c2[nH]1.C[O-].N#C[C@H](C[C@@H]1CCCNC1=O)NC(=O)[C@@H](N)CC1CC1.N#C[C@H](C[C@@H]1CCCNC1=O)NC(=O)[C@H](CC1CC1)NC(=O)c1cc2c(F)ccc(Cl)c2[nH]1.O=C(O)c1cc2c(F)ccc(Cl)c2[nH]1.O=Cc1cc(Cl)ccc1F.[Li+].[Na+].[OH-]. The largest absolute Gasteiger partial charge is 1.00 e. The molecule has 2 aliphatic heterocycles. The summed E-state index contributed by atoms with van der Waals surface area (Å²) in [5.41, 5.74) is 19.5. The number of aromatic amines is 3. The minimum atomic E-state index is -1.14. The number of halogens is 10. The smallest absolute Gasteiger partial charge is 0.870 e. The van der Waals surface area contributed by atoms with Gasteiger partial charge in [0.15, 0.2) is 11.4 Å². The van der Waals surface area contributed by atoms with Crippen LogP contribution in [0.5, 0.6) is 0 Å². The molecule has 4 aliphatic rings. The Balaban J connectivity index is 0.000000503. The number of nitrogens with zero attached hydrogens (tertiary/aromatic N) is 6. The van der Waals surface area contributed by atoms with Crippen LogP contribution in [-0.2, 0) is 43.0 Å². The van der Waals surface area contributed by atoms with E-state index in [2.05, 4.69) is 87.9 Å². The summed E-state index contributed by atoms with van der Waals surface area (Å²) in [5.74, 6) is -6.59. The van der Waals surface area contributed by atoms with Crippen LogP contribution < -0.4 is 95.7 Å². The Morgan fingerprint density at radius 3 is 1.46 bits per heavy atom. The van der Waals surface area contributed by atoms with E-state index in [-0.39, 0.29) is 152 Å². The van der Waals surface area contributed by atoms with Gasteiger partial charge in [0.25, 0.3) is 5.91 Å². The molecule has 2 saturated carbocycles. The number of carbonyl (C=O) groups is 10. The molecule has 0 bridgehead atoms. The number of aldehydes is 1. The van der Waals surface area contributed by atoms with Gasteiger partial charge in [-0.1, -0.05) is 83.7 Å². The van der Waals surface area contributed by atoms with E-state index in [0.717, 1.165) is 77.4 Å². The van der Waals surface area contributed by atoms with Gasteiger partial charge in [-0.25, -0.2) is 41.1 Å². The summed E-state index contributed by atoms with van der Waals surface area (Å²) < 4.78 is 79.8. The second kappa shape index (κ2) is 55.6. The normalized spacial score (nSPS) is 14.8. The molecule has 0 radical (unpaired) electrons. The van der Waals surface area contributed by atoms with Gasteiger partial charge in [-0.3, -0.25) is 28.8 Å².